The number of methoxy groups -OCH3 is 1. The largest absolute Gasteiger partial charge is 0.479 e. The van der Waals surface area contributed by atoms with Gasteiger partial charge in [0.1, 0.15) is 12.0 Å². The molecule has 0 saturated heterocycles. The number of nitrogens with zero attached hydrogens (tertiary/aromatic N) is 3. The van der Waals surface area contributed by atoms with E-state index in [9.17, 15) is 0 Å². The summed E-state index contributed by atoms with van der Waals surface area (Å²) in [5.41, 5.74) is 6.26. The van der Waals surface area contributed by atoms with E-state index in [1.54, 1.807) is 0 Å². The molecule has 5 nitrogen and oxygen atoms in total. The highest BCUT2D eigenvalue weighted by Crippen LogP contribution is 2.26. The van der Waals surface area contributed by atoms with Crippen LogP contribution < -0.4 is 15.4 Å². The summed E-state index contributed by atoms with van der Waals surface area (Å²) in [6.45, 7) is 2.86. The SMILES string of the molecule is CCN(C)c1ncnc(OC)c1N. The Morgan fingerprint density at radius 3 is 2.77 bits per heavy atom. The molecule has 0 aromatic carbocycles. The molecule has 0 fully saturated rings. The van der Waals surface area contributed by atoms with Crippen LogP contribution in [0.3, 0.4) is 0 Å². The third-order valence-electron chi connectivity index (χ3n) is 1.86. The summed E-state index contributed by atoms with van der Waals surface area (Å²) in [5.74, 6) is 1.12. The first-order chi connectivity index (χ1) is 6.20. The molecule has 0 atom stereocenters. The van der Waals surface area contributed by atoms with Gasteiger partial charge < -0.3 is 15.4 Å². The number of hydrogen-bond acceptors (Lipinski definition) is 5. The Hall–Kier alpha value is -1.52. The summed E-state index contributed by atoms with van der Waals surface area (Å²) < 4.78 is 4.98. The standard InChI is InChI=1S/C8H14N4O/c1-4-12(2)7-6(9)8(13-3)11-5-10-7/h5H,4,9H2,1-3H3. The molecule has 72 valence electrons. The van der Waals surface area contributed by atoms with Crippen molar-refractivity contribution in [1.82, 2.24) is 9.97 Å². The van der Waals surface area contributed by atoms with Crippen molar-refractivity contribution in [1.29, 1.82) is 0 Å². The van der Waals surface area contributed by atoms with Gasteiger partial charge in [0.15, 0.2) is 5.82 Å². The van der Waals surface area contributed by atoms with Gasteiger partial charge >= 0.3 is 0 Å². The number of ether oxygens (including phenoxy) is 1. The second kappa shape index (κ2) is 3.93. The highest BCUT2D eigenvalue weighted by atomic mass is 16.5. The minimum absolute atomic E-state index is 0.422. The van der Waals surface area contributed by atoms with Crippen molar-refractivity contribution in [3.8, 4) is 5.88 Å². The van der Waals surface area contributed by atoms with Gasteiger partial charge in [-0.2, -0.15) is 4.98 Å². The van der Waals surface area contributed by atoms with E-state index >= 15 is 0 Å². The third-order valence-corrected chi connectivity index (χ3v) is 1.86. The van der Waals surface area contributed by atoms with Gasteiger partial charge in [-0.3, -0.25) is 0 Å². The van der Waals surface area contributed by atoms with E-state index in [-0.39, 0.29) is 0 Å². The molecule has 1 rings (SSSR count). The molecule has 0 amide bonds. The van der Waals surface area contributed by atoms with Crippen LogP contribution in [0, 0.1) is 0 Å². The average molecular weight is 182 g/mol. The molecule has 0 radical (unpaired) electrons. The number of anilines is 2. The summed E-state index contributed by atoms with van der Waals surface area (Å²) in [4.78, 5) is 9.89. The number of rotatable bonds is 3. The van der Waals surface area contributed by atoms with Gasteiger partial charge in [-0.1, -0.05) is 0 Å². The van der Waals surface area contributed by atoms with Crippen molar-refractivity contribution in [2.45, 2.75) is 6.92 Å². The average Bonchev–Trinajstić information content (AvgIpc) is 2.17. The van der Waals surface area contributed by atoms with Crippen LogP contribution in [-0.2, 0) is 0 Å². The van der Waals surface area contributed by atoms with E-state index in [0.29, 0.717) is 17.4 Å². The number of hydrogen-bond donors (Lipinski definition) is 1. The van der Waals surface area contributed by atoms with Crippen molar-refractivity contribution in [2.75, 3.05) is 31.3 Å². The molecule has 0 spiro atoms. The molecule has 0 aliphatic heterocycles. The molecule has 0 aliphatic carbocycles. The highest BCUT2D eigenvalue weighted by molar-refractivity contribution is 5.67. The molecule has 5 heteroatoms. The molecule has 0 aliphatic rings. The fraction of sp³-hybridized carbons (Fsp3) is 0.500. The van der Waals surface area contributed by atoms with E-state index in [4.69, 9.17) is 10.5 Å². The van der Waals surface area contributed by atoms with E-state index < -0.39 is 0 Å². The van der Waals surface area contributed by atoms with E-state index in [0.717, 1.165) is 6.54 Å². The summed E-state index contributed by atoms with van der Waals surface area (Å²) in [7, 11) is 3.45. The van der Waals surface area contributed by atoms with Gasteiger partial charge in [0, 0.05) is 13.6 Å². The minimum Gasteiger partial charge on any atom is -0.479 e. The van der Waals surface area contributed by atoms with Crippen LogP contribution in [0.2, 0.25) is 0 Å². The third kappa shape index (κ3) is 1.80. The minimum atomic E-state index is 0.422. The number of nitrogens with two attached hydrogens (primary N) is 1. The predicted octanol–water partition coefficient (Wildman–Crippen LogP) is 0.523. The zero-order chi connectivity index (χ0) is 9.84. The van der Waals surface area contributed by atoms with Gasteiger partial charge in [-0.25, -0.2) is 4.98 Å². The Labute approximate surface area is 77.5 Å². The molecule has 2 N–H and O–H groups in total. The van der Waals surface area contributed by atoms with Crippen LogP contribution in [0.15, 0.2) is 6.33 Å². The first-order valence-electron chi connectivity index (χ1n) is 4.06. The van der Waals surface area contributed by atoms with Gasteiger partial charge in [-0.15, -0.1) is 0 Å². The number of nitrogen functional groups attached to an aromatic ring is 1. The Balaban J connectivity index is 3.08. The molecule has 1 aromatic rings. The van der Waals surface area contributed by atoms with Crippen LogP contribution in [-0.4, -0.2) is 30.7 Å². The molecule has 13 heavy (non-hydrogen) atoms. The zero-order valence-electron chi connectivity index (χ0n) is 8.11. The lowest BCUT2D eigenvalue weighted by Gasteiger charge is -2.17. The second-order valence-electron chi connectivity index (χ2n) is 2.63. The second-order valence-corrected chi connectivity index (χ2v) is 2.63. The van der Waals surface area contributed by atoms with E-state index in [2.05, 4.69) is 9.97 Å². The van der Waals surface area contributed by atoms with E-state index in [1.807, 2.05) is 18.9 Å². The Morgan fingerprint density at radius 2 is 2.23 bits per heavy atom. The van der Waals surface area contributed by atoms with Crippen LogP contribution in [0.4, 0.5) is 11.5 Å². The van der Waals surface area contributed by atoms with Crippen molar-refractivity contribution in [3.05, 3.63) is 6.33 Å². The predicted molar refractivity (Wildman–Crippen MR) is 51.9 cm³/mol. The molecule has 1 heterocycles. The first kappa shape index (κ1) is 9.57. The van der Waals surface area contributed by atoms with Crippen LogP contribution in [0.1, 0.15) is 6.92 Å². The molecule has 1 aromatic heterocycles. The van der Waals surface area contributed by atoms with Gasteiger partial charge in [0.2, 0.25) is 5.88 Å². The lowest BCUT2D eigenvalue weighted by molar-refractivity contribution is 0.399. The quantitative estimate of drug-likeness (QED) is 0.738. The fourth-order valence-electron chi connectivity index (χ4n) is 0.987. The smallest absolute Gasteiger partial charge is 0.242 e. The molecular formula is C8H14N4O. The van der Waals surface area contributed by atoms with Crippen molar-refractivity contribution in [2.24, 2.45) is 0 Å². The summed E-state index contributed by atoms with van der Waals surface area (Å²) in [6.07, 6.45) is 1.44. The summed E-state index contributed by atoms with van der Waals surface area (Å²) in [6, 6.07) is 0. The van der Waals surface area contributed by atoms with Crippen molar-refractivity contribution < 1.29 is 4.74 Å². The molecular weight excluding hydrogens is 168 g/mol. The van der Waals surface area contributed by atoms with E-state index in [1.165, 1.54) is 13.4 Å². The maximum Gasteiger partial charge on any atom is 0.242 e. The first-order valence-corrected chi connectivity index (χ1v) is 4.06. The van der Waals surface area contributed by atoms with Gasteiger partial charge in [-0.05, 0) is 6.92 Å². The molecule has 0 saturated carbocycles. The maximum absolute atomic E-state index is 5.78. The normalized spacial score (nSPS) is 9.77. The monoisotopic (exact) mass is 182 g/mol. The number of aromatic nitrogens is 2. The molecule has 0 unspecified atom stereocenters. The summed E-state index contributed by atoms with van der Waals surface area (Å²) >= 11 is 0. The van der Waals surface area contributed by atoms with Crippen molar-refractivity contribution >= 4 is 11.5 Å². The Kier molecular flexibility index (Phi) is 2.89. The Morgan fingerprint density at radius 1 is 1.54 bits per heavy atom. The Bertz CT molecular complexity index is 289. The van der Waals surface area contributed by atoms with Crippen LogP contribution >= 0.6 is 0 Å². The van der Waals surface area contributed by atoms with Crippen LogP contribution in [0.5, 0.6) is 5.88 Å². The fourth-order valence-corrected chi connectivity index (χ4v) is 0.987. The van der Waals surface area contributed by atoms with Crippen molar-refractivity contribution in [3.63, 3.8) is 0 Å². The highest BCUT2D eigenvalue weighted by Gasteiger charge is 2.10. The summed E-state index contributed by atoms with van der Waals surface area (Å²) in [5, 5.41) is 0. The topological polar surface area (TPSA) is 64.3 Å². The molecule has 0 bridgehead atoms. The maximum atomic E-state index is 5.78. The van der Waals surface area contributed by atoms with Gasteiger partial charge in [0.25, 0.3) is 0 Å². The zero-order valence-corrected chi connectivity index (χ0v) is 8.11. The van der Waals surface area contributed by atoms with Crippen LogP contribution in [0.25, 0.3) is 0 Å². The van der Waals surface area contributed by atoms with Gasteiger partial charge in [0.05, 0.1) is 7.11 Å². The lowest BCUT2D eigenvalue weighted by Crippen LogP contribution is -2.19. The lowest BCUT2D eigenvalue weighted by atomic mass is 10.4.